The number of ether oxygens (including phenoxy) is 2. The minimum absolute atomic E-state index is 0.223. The maximum atomic E-state index is 5.68. The number of aromatic nitrogens is 2. The molecule has 1 N–H and O–H groups in total. The smallest absolute Gasteiger partial charge is 0.158 e. The summed E-state index contributed by atoms with van der Waals surface area (Å²) in [5.74, 6) is 2.50. The van der Waals surface area contributed by atoms with E-state index in [2.05, 4.69) is 34.0 Å². The Morgan fingerprint density at radius 2 is 2.35 bits per heavy atom. The third-order valence-corrected chi connectivity index (χ3v) is 3.17. The maximum absolute atomic E-state index is 5.68. The highest BCUT2D eigenvalue weighted by atomic mass is 16.5. The van der Waals surface area contributed by atoms with Gasteiger partial charge in [0.1, 0.15) is 18.2 Å². The molecule has 1 atom stereocenters. The van der Waals surface area contributed by atoms with E-state index in [0.29, 0.717) is 12.4 Å². The Hall–Kier alpha value is -1.40. The normalized spacial score (nSPS) is 19.8. The van der Waals surface area contributed by atoms with Gasteiger partial charge in [-0.3, -0.25) is 0 Å². The van der Waals surface area contributed by atoms with Gasteiger partial charge in [0.2, 0.25) is 0 Å². The Balaban J connectivity index is 2.23. The molecule has 1 aromatic heterocycles. The van der Waals surface area contributed by atoms with E-state index in [4.69, 9.17) is 9.47 Å². The van der Waals surface area contributed by atoms with Gasteiger partial charge in [0.05, 0.1) is 6.10 Å². The first-order chi connectivity index (χ1) is 9.72. The van der Waals surface area contributed by atoms with Crippen LogP contribution in [0, 0.1) is 0 Å². The van der Waals surface area contributed by atoms with E-state index in [0.717, 1.165) is 44.3 Å². The third-order valence-electron chi connectivity index (χ3n) is 3.17. The fourth-order valence-corrected chi connectivity index (χ4v) is 2.31. The van der Waals surface area contributed by atoms with Crippen molar-refractivity contribution in [2.24, 2.45) is 0 Å². The van der Waals surface area contributed by atoms with Crippen molar-refractivity contribution >= 4 is 11.6 Å². The molecule has 1 aliphatic rings. The summed E-state index contributed by atoms with van der Waals surface area (Å²) in [5.41, 5.74) is 0. The second-order valence-electron chi connectivity index (χ2n) is 4.97. The Labute approximate surface area is 120 Å². The Morgan fingerprint density at radius 1 is 1.50 bits per heavy atom. The van der Waals surface area contributed by atoms with Crippen LogP contribution in [0.2, 0.25) is 0 Å². The van der Waals surface area contributed by atoms with E-state index in [1.807, 2.05) is 6.07 Å². The average Bonchev–Trinajstić information content (AvgIpc) is 2.64. The first-order valence-electron chi connectivity index (χ1n) is 7.20. The molecule has 20 heavy (non-hydrogen) atoms. The minimum Gasteiger partial charge on any atom is -0.377 e. The van der Waals surface area contributed by atoms with Crippen LogP contribution in [0.25, 0.3) is 0 Å². The SMILES string of the molecule is CCNc1cc(N2CCCOC(C)C2)nc(COC)n1. The molecule has 2 heterocycles. The van der Waals surface area contributed by atoms with Crippen LogP contribution in [-0.2, 0) is 16.1 Å². The lowest BCUT2D eigenvalue weighted by Crippen LogP contribution is -2.31. The largest absolute Gasteiger partial charge is 0.377 e. The first kappa shape index (κ1) is 15.0. The lowest BCUT2D eigenvalue weighted by molar-refractivity contribution is 0.0820. The van der Waals surface area contributed by atoms with Crippen molar-refractivity contribution in [3.63, 3.8) is 0 Å². The van der Waals surface area contributed by atoms with Gasteiger partial charge in [-0.25, -0.2) is 9.97 Å². The summed E-state index contributed by atoms with van der Waals surface area (Å²) in [4.78, 5) is 11.3. The standard InChI is InChI=1S/C14H24N4O2/c1-4-15-12-8-14(17-13(16-12)10-19-3)18-6-5-7-20-11(2)9-18/h8,11H,4-7,9-10H2,1-3H3,(H,15,16,17). The summed E-state index contributed by atoms with van der Waals surface area (Å²) >= 11 is 0. The zero-order valence-corrected chi connectivity index (χ0v) is 12.6. The lowest BCUT2D eigenvalue weighted by Gasteiger charge is -2.24. The highest BCUT2D eigenvalue weighted by molar-refractivity contribution is 5.49. The number of anilines is 2. The van der Waals surface area contributed by atoms with Crippen molar-refractivity contribution in [1.29, 1.82) is 0 Å². The number of hydrogen-bond donors (Lipinski definition) is 1. The summed E-state index contributed by atoms with van der Waals surface area (Å²) in [6.45, 7) is 8.04. The fraction of sp³-hybridized carbons (Fsp3) is 0.714. The number of hydrogen-bond acceptors (Lipinski definition) is 6. The fourth-order valence-electron chi connectivity index (χ4n) is 2.31. The maximum Gasteiger partial charge on any atom is 0.158 e. The topological polar surface area (TPSA) is 59.5 Å². The van der Waals surface area contributed by atoms with Gasteiger partial charge in [0.25, 0.3) is 0 Å². The molecule has 1 aromatic rings. The highest BCUT2D eigenvalue weighted by Gasteiger charge is 2.18. The molecule has 1 saturated heterocycles. The molecule has 0 radical (unpaired) electrons. The van der Waals surface area contributed by atoms with E-state index in [9.17, 15) is 0 Å². The Morgan fingerprint density at radius 3 is 3.10 bits per heavy atom. The average molecular weight is 280 g/mol. The van der Waals surface area contributed by atoms with Crippen molar-refractivity contribution in [3.8, 4) is 0 Å². The summed E-state index contributed by atoms with van der Waals surface area (Å²) in [5, 5.41) is 3.25. The van der Waals surface area contributed by atoms with E-state index in [-0.39, 0.29) is 6.10 Å². The van der Waals surface area contributed by atoms with Crippen LogP contribution < -0.4 is 10.2 Å². The summed E-state index contributed by atoms with van der Waals surface area (Å²) < 4.78 is 10.8. The van der Waals surface area contributed by atoms with Gasteiger partial charge in [0, 0.05) is 39.4 Å². The summed E-state index contributed by atoms with van der Waals surface area (Å²) in [6.07, 6.45) is 1.24. The Bertz CT molecular complexity index is 403. The monoisotopic (exact) mass is 280 g/mol. The van der Waals surface area contributed by atoms with Crippen molar-refractivity contribution in [2.45, 2.75) is 33.0 Å². The van der Waals surface area contributed by atoms with Crippen LogP contribution in [0.4, 0.5) is 11.6 Å². The van der Waals surface area contributed by atoms with Gasteiger partial charge in [0.15, 0.2) is 5.82 Å². The summed E-state index contributed by atoms with van der Waals surface area (Å²) in [6, 6.07) is 2.00. The molecule has 1 aliphatic heterocycles. The van der Waals surface area contributed by atoms with E-state index in [1.54, 1.807) is 7.11 Å². The number of nitrogens with one attached hydrogen (secondary N) is 1. The third kappa shape index (κ3) is 4.05. The number of nitrogens with zero attached hydrogens (tertiary/aromatic N) is 3. The van der Waals surface area contributed by atoms with Crippen LogP contribution in [0.3, 0.4) is 0 Å². The van der Waals surface area contributed by atoms with E-state index >= 15 is 0 Å². The summed E-state index contributed by atoms with van der Waals surface area (Å²) in [7, 11) is 1.66. The van der Waals surface area contributed by atoms with Crippen molar-refractivity contribution < 1.29 is 9.47 Å². The van der Waals surface area contributed by atoms with Gasteiger partial charge in [-0.05, 0) is 20.3 Å². The van der Waals surface area contributed by atoms with Crippen molar-refractivity contribution in [2.75, 3.05) is 43.6 Å². The second-order valence-corrected chi connectivity index (χ2v) is 4.97. The van der Waals surface area contributed by atoms with E-state index < -0.39 is 0 Å². The molecule has 2 rings (SSSR count). The molecule has 1 fully saturated rings. The van der Waals surface area contributed by atoms with Crippen molar-refractivity contribution in [1.82, 2.24) is 9.97 Å². The molecule has 1 unspecified atom stereocenters. The number of rotatable bonds is 5. The van der Waals surface area contributed by atoms with Crippen LogP contribution in [0.15, 0.2) is 6.07 Å². The molecule has 0 bridgehead atoms. The van der Waals surface area contributed by atoms with Crippen molar-refractivity contribution in [3.05, 3.63) is 11.9 Å². The zero-order chi connectivity index (χ0) is 14.4. The molecule has 6 heteroatoms. The van der Waals surface area contributed by atoms with Gasteiger partial charge in [-0.2, -0.15) is 0 Å². The molecule has 0 saturated carbocycles. The zero-order valence-electron chi connectivity index (χ0n) is 12.6. The molecule has 6 nitrogen and oxygen atoms in total. The van der Waals surface area contributed by atoms with Crippen LogP contribution >= 0.6 is 0 Å². The molecule has 0 spiro atoms. The molecular weight excluding hydrogens is 256 g/mol. The molecule has 0 aromatic carbocycles. The quantitative estimate of drug-likeness (QED) is 0.885. The Kier molecular flexibility index (Phi) is 5.55. The molecule has 0 aliphatic carbocycles. The van der Waals surface area contributed by atoms with Crippen LogP contribution in [0.1, 0.15) is 26.1 Å². The predicted octanol–water partition coefficient (Wildman–Crippen LogP) is 1.67. The van der Waals surface area contributed by atoms with Crippen LogP contribution in [-0.4, -0.2) is 49.4 Å². The molecular formula is C14H24N4O2. The minimum atomic E-state index is 0.223. The second kappa shape index (κ2) is 7.40. The molecule has 0 amide bonds. The van der Waals surface area contributed by atoms with Gasteiger partial charge < -0.3 is 19.7 Å². The predicted molar refractivity (Wildman–Crippen MR) is 79.2 cm³/mol. The van der Waals surface area contributed by atoms with E-state index in [1.165, 1.54) is 0 Å². The lowest BCUT2D eigenvalue weighted by atomic mass is 10.3. The van der Waals surface area contributed by atoms with Gasteiger partial charge >= 0.3 is 0 Å². The highest BCUT2D eigenvalue weighted by Crippen LogP contribution is 2.19. The molecule has 112 valence electrons. The van der Waals surface area contributed by atoms with Crippen LogP contribution in [0.5, 0.6) is 0 Å². The van der Waals surface area contributed by atoms with Gasteiger partial charge in [-0.1, -0.05) is 0 Å². The number of methoxy groups -OCH3 is 1. The first-order valence-corrected chi connectivity index (χ1v) is 7.20. The van der Waals surface area contributed by atoms with Gasteiger partial charge in [-0.15, -0.1) is 0 Å².